The van der Waals surface area contributed by atoms with Crippen molar-refractivity contribution in [1.82, 2.24) is 0 Å². The van der Waals surface area contributed by atoms with E-state index in [0.29, 0.717) is 26.3 Å². The van der Waals surface area contributed by atoms with Crippen molar-refractivity contribution in [3.05, 3.63) is 0 Å². The number of rotatable bonds is 5. The first-order valence-electron chi connectivity index (χ1n) is 4.17. The summed E-state index contributed by atoms with van der Waals surface area (Å²) in [4.78, 5) is 9.92. The van der Waals surface area contributed by atoms with Crippen LogP contribution in [0.5, 0.6) is 0 Å². The van der Waals surface area contributed by atoms with E-state index >= 15 is 0 Å². The van der Waals surface area contributed by atoms with E-state index in [0.717, 1.165) is 6.42 Å². The average Bonchev–Trinajstić information content (AvgIpc) is 2.50. The normalized spacial score (nSPS) is 28.8. The van der Waals surface area contributed by atoms with Gasteiger partial charge in [-0.05, 0) is 13.3 Å². The van der Waals surface area contributed by atoms with E-state index in [1.54, 1.807) is 0 Å². The summed E-state index contributed by atoms with van der Waals surface area (Å²) in [5, 5.41) is 0. The lowest BCUT2D eigenvalue weighted by atomic mass is 10.1. The Morgan fingerprint density at radius 3 is 3.17 bits per heavy atom. The number of ether oxygens (including phenoxy) is 3. The summed E-state index contributed by atoms with van der Waals surface area (Å²) in [6.45, 7) is 4.09. The van der Waals surface area contributed by atoms with Crippen LogP contribution in [0.15, 0.2) is 0 Å². The predicted octanol–water partition coefficient (Wildman–Crippen LogP) is 0.558. The number of hydrogen-bond acceptors (Lipinski definition) is 4. The van der Waals surface area contributed by atoms with Crippen molar-refractivity contribution in [2.45, 2.75) is 19.6 Å². The molecule has 0 radical (unpaired) electrons. The van der Waals surface area contributed by atoms with Crippen molar-refractivity contribution in [2.75, 3.05) is 19.8 Å². The van der Waals surface area contributed by atoms with Gasteiger partial charge in [-0.3, -0.25) is 4.79 Å². The third-order valence-electron chi connectivity index (χ3n) is 1.86. The number of carbonyl (C=O) groups is 1. The second-order valence-corrected chi connectivity index (χ2v) is 2.67. The highest BCUT2D eigenvalue weighted by molar-refractivity contribution is 5.36. The largest absolute Gasteiger partial charge is 0.467 e. The summed E-state index contributed by atoms with van der Waals surface area (Å²) in [6.07, 6.45) is 0.716. The Labute approximate surface area is 71.8 Å². The fourth-order valence-electron chi connectivity index (χ4n) is 1.28. The molecule has 2 atom stereocenters. The van der Waals surface area contributed by atoms with E-state index in [2.05, 4.69) is 4.74 Å². The summed E-state index contributed by atoms with van der Waals surface area (Å²) < 4.78 is 15.2. The van der Waals surface area contributed by atoms with Crippen molar-refractivity contribution in [1.29, 1.82) is 0 Å². The van der Waals surface area contributed by atoms with Crippen molar-refractivity contribution < 1.29 is 19.0 Å². The fraction of sp³-hybridized carbons (Fsp3) is 0.875. The summed E-state index contributed by atoms with van der Waals surface area (Å²) in [6, 6.07) is 0. The van der Waals surface area contributed by atoms with Crippen LogP contribution in [0.25, 0.3) is 0 Å². The Hall–Kier alpha value is -0.610. The molecule has 0 amide bonds. The van der Waals surface area contributed by atoms with E-state index < -0.39 is 0 Å². The Morgan fingerprint density at radius 2 is 2.50 bits per heavy atom. The van der Waals surface area contributed by atoms with Crippen LogP contribution in [-0.4, -0.2) is 32.6 Å². The van der Waals surface area contributed by atoms with Crippen molar-refractivity contribution in [3.63, 3.8) is 0 Å². The van der Waals surface area contributed by atoms with Crippen LogP contribution in [0.1, 0.15) is 13.3 Å². The molecule has 0 aromatic rings. The first-order chi connectivity index (χ1) is 5.88. The smallest absolute Gasteiger partial charge is 0.293 e. The molecular weight excluding hydrogens is 160 g/mol. The lowest BCUT2D eigenvalue weighted by Crippen LogP contribution is -2.23. The van der Waals surface area contributed by atoms with Gasteiger partial charge in [-0.25, -0.2) is 0 Å². The molecule has 0 aromatic heterocycles. The highest BCUT2D eigenvalue weighted by Gasteiger charge is 2.28. The van der Waals surface area contributed by atoms with E-state index in [9.17, 15) is 4.79 Å². The lowest BCUT2D eigenvalue weighted by Gasteiger charge is -2.16. The third-order valence-corrected chi connectivity index (χ3v) is 1.86. The van der Waals surface area contributed by atoms with Crippen LogP contribution >= 0.6 is 0 Å². The zero-order valence-corrected chi connectivity index (χ0v) is 7.19. The second kappa shape index (κ2) is 5.11. The maximum Gasteiger partial charge on any atom is 0.293 e. The average molecular weight is 174 g/mol. The van der Waals surface area contributed by atoms with E-state index in [-0.39, 0.29) is 12.2 Å². The van der Waals surface area contributed by atoms with Crippen LogP contribution in [0.4, 0.5) is 0 Å². The highest BCUT2D eigenvalue weighted by atomic mass is 16.7. The van der Waals surface area contributed by atoms with E-state index in [1.165, 1.54) is 0 Å². The molecule has 0 aliphatic carbocycles. The lowest BCUT2D eigenvalue weighted by molar-refractivity contribution is -0.145. The van der Waals surface area contributed by atoms with Gasteiger partial charge >= 0.3 is 0 Å². The van der Waals surface area contributed by atoms with Gasteiger partial charge in [0.1, 0.15) is 0 Å². The molecule has 1 saturated heterocycles. The molecule has 1 aliphatic rings. The molecule has 0 spiro atoms. The molecule has 12 heavy (non-hydrogen) atoms. The van der Waals surface area contributed by atoms with Crippen molar-refractivity contribution in [3.8, 4) is 0 Å². The quantitative estimate of drug-likeness (QED) is 0.571. The molecular formula is C8H14O4. The summed E-state index contributed by atoms with van der Waals surface area (Å²) in [7, 11) is 0. The van der Waals surface area contributed by atoms with Gasteiger partial charge < -0.3 is 14.2 Å². The summed E-state index contributed by atoms with van der Waals surface area (Å²) in [5.41, 5.74) is 0. The monoisotopic (exact) mass is 174 g/mol. The highest BCUT2D eigenvalue weighted by Crippen LogP contribution is 2.21. The molecule has 0 N–H and O–H groups in total. The number of carbonyl (C=O) groups excluding carboxylic acids is 1. The molecule has 1 heterocycles. The number of hydrogen-bond donors (Lipinski definition) is 0. The van der Waals surface area contributed by atoms with Gasteiger partial charge in [-0.1, -0.05) is 0 Å². The molecule has 4 nitrogen and oxygen atoms in total. The molecule has 1 fully saturated rings. The van der Waals surface area contributed by atoms with Gasteiger partial charge in [-0.15, -0.1) is 0 Å². The van der Waals surface area contributed by atoms with Crippen LogP contribution in [0.2, 0.25) is 0 Å². The Balaban J connectivity index is 2.25. The van der Waals surface area contributed by atoms with Crippen LogP contribution < -0.4 is 0 Å². The molecule has 0 unspecified atom stereocenters. The predicted molar refractivity (Wildman–Crippen MR) is 41.5 cm³/mol. The zero-order valence-electron chi connectivity index (χ0n) is 7.19. The Kier molecular flexibility index (Phi) is 4.04. The van der Waals surface area contributed by atoms with Gasteiger partial charge in [-0.2, -0.15) is 0 Å². The van der Waals surface area contributed by atoms with Gasteiger partial charge in [0, 0.05) is 12.5 Å². The molecule has 1 aliphatic heterocycles. The van der Waals surface area contributed by atoms with Gasteiger partial charge in [0.2, 0.25) is 0 Å². The van der Waals surface area contributed by atoms with Crippen LogP contribution in [0, 0.1) is 5.92 Å². The molecule has 0 aromatic carbocycles. The topological polar surface area (TPSA) is 44.8 Å². The maximum atomic E-state index is 9.92. The Bertz CT molecular complexity index is 137. The minimum absolute atomic E-state index is 0.185. The standard InChI is InChI=1S/C8H14O4/c1-2-11-8-7(3-4-12-8)5-10-6-9/h6-8H,2-5H2,1H3/t7-,8-/m1/s1. The molecule has 0 saturated carbocycles. The first kappa shape index (κ1) is 9.48. The minimum Gasteiger partial charge on any atom is -0.467 e. The van der Waals surface area contributed by atoms with E-state index in [1.807, 2.05) is 6.92 Å². The molecule has 4 heteroatoms. The van der Waals surface area contributed by atoms with Crippen molar-refractivity contribution in [2.24, 2.45) is 5.92 Å². The van der Waals surface area contributed by atoms with Gasteiger partial charge in [0.25, 0.3) is 6.47 Å². The van der Waals surface area contributed by atoms with Crippen molar-refractivity contribution >= 4 is 6.47 Å². The maximum absolute atomic E-state index is 9.92. The SMILES string of the molecule is CCO[C@@H]1OCC[C@@H]1COC=O. The fourth-order valence-corrected chi connectivity index (χ4v) is 1.28. The molecule has 70 valence electrons. The van der Waals surface area contributed by atoms with Crippen LogP contribution in [-0.2, 0) is 19.0 Å². The summed E-state index contributed by atoms with van der Waals surface area (Å²) in [5.74, 6) is 0.204. The van der Waals surface area contributed by atoms with Crippen LogP contribution in [0.3, 0.4) is 0 Å². The summed E-state index contributed by atoms with van der Waals surface area (Å²) >= 11 is 0. The second-order valence-electron chi connectivity index (χ2n) is 2.67. The van der Waals surface area contributed by atoms with Gasteiger partial charge in [0.05, 0.1) is 13.2 Å². The minimum atomic E-state index is -0.185. The molecule has 1 rings (SSSR count). The zero-order chi connectivity index (χ0) is 8.81. The van der Waals surface area contributed by atoms with Gasteiger partial charge in [0.15, 0.2) is 6.29 Å². The Morgan fingerprint density at radius 1 is 1.67 bits per heavy atom. The van der Waals surface area contributed by atoms with E-state index in [4.69, 9.17) is 9.47 Å². The first-order valence-corrected chi connectivity index (χ1v) is 4.17. The molecule has 0 bridgehead atoms. The third kappa shape index (κ3) is 2.46.